The van der Waals surface area contributed by atoms with Gasteiger partial charge < -0.3 is 5.32 Å². The van der Waals surface area contributed by atoms with Crippen molar-refractivity contribution in [3.63, 3.8) is 0 Å². The summed E-state index contributed by atoms with van der Waals surface area (Å²) in [5.74, 6) is 0. The van der Waals surface area contributed by atoms with Crippen molar-refractivity contribution in [2.24, 2.45) is 5.10 Å². The molecule has 0 aliphatic carbocycles. The van der Waals surface area contributed by atoms with E-state index in [0.717, 1.165) is 19.4 Å². The average Bonchev–Trinajstić information content (AvgIpc) is 2.47. The van der Waals surface area contributed by atoms with E-state index in [1.165, 1.54) is 12.3 Å². The summed E-state index contributed by atoms with van der Waals surface area (Å²) < 4.78 is 0. The number of unbranched alkanes of at least 4 members (excludes halogenated alkanes) is 1. The van der Waals surface area contributed by atoms with E-state index in [-0.39, 0.29) is 5.69 Å². The van der Waals surface area contributed by atoms with Crippen LogP contribution < -0.4 is 10.7 Å². The number of thiocarbonyl (C=S) groups is 1. The number of nitrogens with one attached hydrogen (secondary N) is 2. The second kappa shape index (κ2) is 9.60. The molecule has 0 radical (unpaired) electrons. The first-order valence-electron chi connectivity index (χ1n) is 6.62. The fourth-order valence-corrected chi connectivity index (χ4v) is 1.65. The molecule has 0 unspecified atom stereocenters. The maximum atomic E-state index is 10.8. The van der Waals surface area contributed by atoms with Crippen LogP contribution in [0.2, 0.25) is 0 Å². The Morgan fingerprint density at radius 2 is 2.24 bits per heavy atom. The number of hydrazone groups is 1. The summed E-state index contributed by atoms with van der Waals surface area (Å²) in [6.07, 6.45) is 6.87. The Morgan fingerprint density at radius 1 is 1.48 bits per heavy atom. The van der Waals surface area contributed by atoms with Crippen LogP contribution in [-0.2, 0) is 0 Å². The van der Waals surface area contributed by atoms with Gasteiger partial charge in [0.05, 0.1) is 10.5 Å². The third kappa shape index (κ3) is 6.62. The van der Waals surface area contributed by atoms with E-state index in [4.69, 9.17) is 12.2 Å². The van der Waals surface area contributed by atoms with Gasteiger partial charge in [-0.25, -0.2) is 0 Å². The minimum atomic E-state index is -0.415. The zero-order valence-electron chi connectivity index (χ0n) is 11.8. The summed E-state index contributed by atoms with van der Waals surface area (Å²) in [6, 6.07) is 6.51. The summed E-state index contributed by atoms with van der Waals surface area (Å²) in [5, 5.41) is 18.2. The van der Waals surface area contributed by atoms with E-state index in [1.54, 1.807) is 30.4 Å². The second-order valence-electron chi connectivity index (χ2n) is 4.17. The number of nitro benzene ring substituents is 1. The van der Waals surface area contributed by atoms with Crippen LogP contribution in [0.3, 0.4) is 0 Å². The molecule has 0 amide bonds. The standard InChI is InChI=1S/C14H18N4O2S/c1-2-3-10-15-14(21)17-16-11-6-8-12-7-4-5-9-13(12)18(19)20/h4-9,11H,2-3,10H2,1H3,(H2,15,17,21)/b8-6+,16-11-. The monoisotopic (exact) mass is 306 g/mol. The minimum absolute atomic E-state index is 0.0619. The molecule has 0 saturated heterocycles. The van der Waals surface area contributed by atoms with Crippen LogP contribution in [0.4, 0.5) is 5.69 Å². The van der Waals surface area contributed by atoms with Crippen LogP contribution in [-0.4, -0.2) is 22.8 Å². The van der Waals surface area contributed by atoms with Crippen molar-refractivity contribution >= 4 is 35.3 Å². The van der Waals surface area contributed by atoms with Crippen molar-refractivity contribution in [3.8, 4) is 0 Å². The molecule has 1 aromatic carbocycles. The average molecular weight is 306 g/mol. The summed E-state index contributed by atoms with van der Waals surface area (Å²) >= 11 is 5.02. The van der Waals surface area contributed by atoms with E-state index in [0.29, 0.717) is 10.7 Å². The lowest BCUT2D eigenvalue weighted by Gasteiger charge is -2.04. The van der Waals surface area contributed by atoms with Gasteiger partial charge in [0.2, 0.25) is 0 Å². The van der Waals surface area contributed by atoms with Crippen molar-refractivity contribution in [1.29, 1.82) is 0 Å². The highest BCUT2D eigenvalue weighted by atomic mass is 32.1. The number of benzene rings is 1. The first-order valence-corrected chi connectivity index (χ1v) is 7.03. The molecule has 0 atom stereocenters. The second-order valence-corrected chi connectivity index (χ2v) is 4.58. The van der Waals surface area contributed by atoms with E-state index in [2.05, 4.69) is 22.8 Å². The number of allylic oxidation sites excluding steroid dienone is 1. The smallest absolute Gasteiger partial charge is 0.276 e. The molecule has 0 spiro atoms. The number of nitrogens with zero attached hydrogens (tertiary/aromatic N) is 2. The molecular weight excluding hydrogens is 288 g/mol. The highest BCUT2D eigenvalue weighted by Gasteiger charge is 2.08. The van der Waals surface area contributed by atoms with Gasteiger partial charge in [-0.15, -0.1) is 0 Å². The lowest BCUT2D eigenvalue weighted by molar-refractivity contribution is -0.385. The van der Waals surface area contributed by atoms with Crippen molar-refractivity contribution in [3.05, 3.63) is 46.0 Å². The van der Waals surface area contributed by atoms with Crippen molar-refractivity contribution < 1.29 is 4.92 Å². The molecule has 0 aliphatic heterocycles. The largest absolute Gasteiger partial charge is 0.361 e. The zero-order chi connectivity index (χ0) is 15.5. The van der Waals surface area contributed by atoms with E-state index >= 15 is 0 Å². The number of hydrogen-bond acceptors (Lipinski definition) is 4. The lowest BCUT2D eigenvalue weighted by Crippen LogP contribution is -2.32. The molecular formula is C14H18N4O2S. The number of nitro groups is 1. The summed E-state index contributed by atoms with van der Waals surface area (Å²) in [6.45, 7) is 2.91. The fraction of sp³-hybridized carbons (Fsp3) is 0.286. The van der Waals surface area contributed by atoms with E-state index < -0.39 is 4.92 Å². The summed E-state index contributed by atoms with van der Waals surface area (Å²) in [7, 11) is 0. The zero-order valence-corrected chi connectivity index (χ0v) is 12.6. The molecule has 1 aromatic rings. The van der Waals surface area contributed by atoms with Gasteiger partial charge in [0.25, 0.3) is 5.69 Å². The molecule has 0 aliphatic rings. The van der Waals surface area contributed by atoms with Gasteiger partial charge in [-0.1, -0.05) is 25.5 Å². The molecule has 0 bridgehead atoms. The number of hydrogen-bond donors (Lipinski definition) is 2. The third-order valence-electron chi connectivity index (χ3n) is 2.55. The van der Waals surface area contributed by atoms with Gasteiger partial charge in [-0.3, -0.25) is 15.5 Å². The quantitative estimate of drug-likeness (QED) is 0.266. The lowest BCUT2D eigenvalue weighted by atomic mass is 10.2. The SMILES string of the molecule is CCCCNC(=S)N/N=C\C=C\c1ccccc1[N+](=O)[O-]. The van der Waals surface area contributed by atoms with Crippen LogP contribution in [0.25, 0.3) is 6.08 Å². The van der Waals surface area contributed by atoms with Crippen LogP contribution in [0.1, 0.15) is 25.3 Å². The Hall–Kier alpha value is -2.28. The molecule has 21 heavy (non-hydrogen) atoms. The summed E-state index contributed by atoms with van der Waals surface area (Å²) in [5.41, 5.74) is 3.26. The normalized spacial score (nSPS) is 10.9. The molecule has 0 saturated carbocycles. The molecule has 0 aromatic heterocycles. The Labute approximate surface area is 129 Å². The van der Waals surface area contributed by atoms with Crippen LogP contribution in [0, 0.1) is 10.1 Å². The molecule has 1 rings (SSSR count). The molecule has 7 heteroatoms. The van der Waals surface area contributed by atoms with Gasteiger partial charge >= 0.3 is 0 Å². The number of rotatable bonds is 7. The molecule has 2 N–H and O–H groups in total. The van der Waals surface area contributed by atoms with Crippen molar-refractivity contribution in [1.82, 2.24) is 10.7 Å². The van der Waals surface area contributed by atoms with E-state index in [9.17, 15) is 10.1 Å². The maximum Gasteiger partial charge on any atom is 0.276 e. The first kappa shape index (κ1) is 16.8. The van der Waals surface area contributed by atoms with Crippen LogP contribution >= 0.6 is 12.2 Å². The predicted molar refractivity (Wildman–Crippen MR) is 89.3 cm³/mol. The topological polar surface area (TPSA) is 79.6 Å². The van der Waals surface area contributed by atoms with Gasteiger partial charge in [-0.2, -0.15) is 5.10 Å². The Morgan fingerprint density at radius 3 is 2.95 bits per heavy atom. The Kier molecular flexibility index (Phi) is 7.67. The van der Waals surface area contributed by atoms with Gasteiger partial charge in [-0.05, 0) is 36.9 Å². The molecule has 0 fully saturated rings. The molecule has 6 nitrogen and oxygen atoms in total. The minimum Gasteiger partial charge on any atom is -0.361 e. The highest BCUT2D eigenvalue weighted by Crippen LogP contribution is 2.18. The highest BCUT2D eigenvalue weighted by molar-refractivity contribution is 7.80. The number of para-hydroxylation sites is 1. The molecule has 0 heterocycles. The Balaban J connectivity index is 2.46. The maximum absolute atomic E-state index is 10.8. The van der Waals surface area contributed by atoms with Crippen molar-refractivity contribution in [2.45, 2.75) is 19.8 Å². The van der Waals surface area contributed by atoms with Gasteiger partial charge in [0, 0.05) is 18.8 Å². The van der Waals surface area contributed by atoms with E-state index in [1.807, 2.05) is 0 Å². The first-order chi connectivity index (χ1) is 10.1. The summed E-state index contributed by atoms with van der Waals surface area (Å²) in [4.78, 5) is 10.4. The predicted octanol–water partition coefficient (Wildman–Crippen LogP) is 2.86. The van der Waals surface area contributed by atoms with Crippen LogP contribution in [0.15, 0.2) is 35.4 Å². The van der Waals surface area contributed by atoms with Crippen LogP contribution in [0.5, 0.6) is 0 Å². The molecule has 112 valence electrons. The van der Waals surface area contributed by atoms with Gasteiger partial charge in [0.15, 0.2) is 5.11 Å². The third-order valence-corrected chi connectivity index (χ3v) is 2.79. The Bertz CT molecular complexity index is 544. The fourth-order valence-electron chi connectivity index (χ4n) is 1.50. The van der Waals surface area contributed by atoms with Gasteiger partial charge in [0.1, 0.15) is 0 Å². The van der Waals surface area contributed by atoms with Crippen molar-refractivity contribution in [2.75, 3.05) is 6.54 Å².